The minimum absolute atomic E-state index is 0.0725. The molecule has 1 aromatic rings. The molecule has 3 atom stereocenters. The van der Waals surface area contributed by atoms with Gasteiger partial charge in [-0.2, -0.15) is 0 Å². The van der Waals surface area contributed by atoms with Crippen LogP contribution in [0.25, 0.3) is 0 Å². The second kappa shape index (κ2) is 9.25. The van der Waals surface area contributed by atoms with E-state index >= 15 is 0 Å². The Bertz CT molecular complexity index is 661. The molecule has 0 aromatic heterocycles. The molecule has 0 unspecified atom stereocenters. The molecule has 0 bridgehead atoms. The minimum Gasteiger partial charge on any atom is -0.460 e. The fourth-order valence-corrected chi connectivity index (χ4v) is 3.26. The van der Waals surface area contributed by atoms with Crippen molar-refractivity contribution < 1.29 is 19.1 Å². The molecule has 0 heterocycles. The van der Waals surface area contributed by atoms with Gasteiger partial charge < -0.3 is 14.8 Å². The third-order valence-corrected chi connectivity index (χ3v) is 4.40. The van der Waals surface area contributed by atoms with Gasteiger partial charge in [0.1, 0.15) is 17.7 Å². The van der Waals surface area contributed by atoms with Crippen molar-refractivity contribution in [1.29, 1.82) is 0 Å². The van der Waals surface area contributed by atoms with Gasteiger partial charge in [-0.05, 0) is 65.5 Å². The van der Waals surface area contributed by atoms with E-state index in [1.165, 1.54) is 16.7 Å². The number of hydrogen-bond donors (Lipinski definition) is 1. The first kappa shape index (κ1) is 23.0. The molecule has 5 heteroatoms. The van der Waals surface area contributed by atoms with Crippen molar-refractivity contribution in [3.8, 4) is 0 Å². The Kier molecular flexibility index (Phi) is 7.88. The zero-order valence-electron chi connectivity index (χ0n) is 18.2. The molecular weight excluding hydrogens is 342 g/mol. The van der Waals surface area contributed by atoms with Crippen molar-refractivity contribution in [2.24, 2.45) is 5.92 Å². The number of esters is 1. The van der Waals surface area contributed by atoms with Gasteiger partial charge in [-0.25, -0.2) is 9.59 Å². The number of ether oxygens (including phenoxy) is 2. The number of carbonyl (C=O) groups is 2. The summed E-state index contributed by atoms with van der Waals surface area (Å²) in [6, 6.07) is 5.56. The van der Waals surface area contributed by atoms with Gasteiger partial charge in [0.15, 0.2) is 0 Å². The summed E-state index contributed by atoms with van der Waals surface area (Å²) in [6.45, 7) is 17.2. The molecule has 0 fully saturated rings. The molecule has 0 saturated heterocycles. The molecule has 1 rings (SSSR count). The van der Waals surface area contributed by atoms with Crippen LogP contribution in [0, 0.1) is 19.8 Å². The molecule has 152 valence electrons. The van der Waals surface area contributed by atoms with Crippen LogP contribution in [0.5, 0.6) is 0 Å². The molecule has 27 heavy (non-hydrogen) atoms. The number of nitrogens with one attached hydrogen (secondary N) is 1. The van der Waals surface area contributed by atoms with Crippen molar-refractivity contribution in [3.63, 3.8) is 0 Å². The second-order valence-corrected chi connectivity index (χ2v) is 8.64. The van der Waals surface area contributed by atoms with Gasteiger partial charge in [0.2, 0.25) is 0 Å². The van der Waals surface area contributed by atoms with Crippen LogP contribution in [0.15, 0.2) is 18.2 Å². The molecule has 1 amide bonds. The van der Waals surface area contributed by atoms with E-state index in [9.17, 15) is 9.59 Å². The summed E-state index contributed by atoms with van der Waals surface area (Å²) < 4.78 is 10.9. The molecule has 0 aliphatic carbocycles. The van der Waals surface area contributed by atoms with E-state index in [1.807, 2.05) is 6.92 Å². The monoisotopic (exact) mass is 377 g/mol. The third kappa shape index (κ3) is 7.24. The highest BCUT2D eigenvalue weighted by molar-refractivity contribution is 5.81. The van der Waals surface area contributed by atoms with Gasteiger partial charge in [-0.1, -0.05) is 37.6 Å². The highest BCUT2D eigenvalue weighted by Gasteiger charge is 2.29. The highest BCUT2D eigenvalue weighted by Crippen LogP contribution is 2.32. The number of carbonyl (C=O) groups excluding carboxylic acids is 2. The van der Waals surface area contributed by atoms with E-state index < -0.39 is 23.7 Å². The maximum atomic E-state index is 12.5. The Morgan fingerprint density at radius 1 is 1.04 bits per heavy atom. The zero-order valence-corrected chi connectivity index (χ0v) is 18.2. The largest absolute Gasteiger partial charge is 0.460 e. The zero-order chi connectivity index (χ0) is 20.9. The Hall–Kier alpha value is -2.04. The molecule has 0 radical (unpaired) electrons. The maximum absolute atomic E-state index is 12.5. The molecule has 1 N–H and O–H groups in total. The standard InChI is InChI=1S/C22H35NO4/c1-13(2)19(18-11-10-14(3)12-15(18)4)17(6)26-20(24)16(5)23-21(25)27-22(7,8)9/h10-13,16-17,19H,1-9H3,(H,23,25)/t16-,17-,19-/m0/s1. The van der Waals surface area contributed by atoms with Crippen LogP contribution in [0.2, 0.25) is 0 Å². The van der Waals surface area contributed by atoms with E-state index in [1.54, 1.807) is 27.7 Å². The fourth-order valence-electron chi connectivity index (χ4n) is 3.26. The number of alkyl carbamates (subject to hydrolysis) is 1. The van der Waals surface area contributed by atoms with Crippen LogP contribution in [-0.4, -0.2) is 29.8 Å². The summed E-state index contributed by atoms with van der Waals surface area (Å²) in [7, 11) is 0. The molecule has 0 saturated carbocycles. The average molecular weight is 378 g/mol. The molecule has 1 aromatic carbocycles. The summed E-state index contributed by atoms with van der Waals surface area (Å²) >= 11 is 0. The van der Waals surface area contributed by atoms with Crippen LogP contribution < -0.4 is 5.32 Å². The van der Waals surface area contributed by atoms with Gasteiger partial charge >= 0.3 is 12.1 Å². The number of rotatable bonds is 6. The average Bonchev–Trinajstić information content (AvgIpc) is 2.47. The second-order valence-electron chi connectivity index (χ2n) is 8.64. The van der Waals surface area contributed by atoms with Crippen LogP contribution in [0.1, 0.15) is 71.1 Å². The van der Waals surface area contributed by atoms with E-state index in [4.69, 9.17) is 9.47 Å². The van der Waals surface area contributed by atoms with Gasteiger partial charge in [-0.3, -0.25) is 0 Å². The first-order valence-corrected chi connectivity index (χ1v) is 9.59. The minimum atomic E-state index is -0.783. The SMILES string of the molecule is Cc1ccc([C@@H](C(C)C)[C@H](C)OC(=O)[C@H](C)NC(=O)OC(C)(C)C)c(C)c1. The third-order valence-electron chi connectivity index (χ3n) is 4.40. The van der Waals surface area contributed by atoms with Crippen molar-refractivity contribution in [1.82, 2.24) is 5.32 Å². The molecule has 0 aliphatic heterocycles. The normalized spacial score (nSPS) is 15.0. The van der Waals surface area contributed by atoms with Crippen LogP contribution >= 0.6 is 0 Å². The number of hydrogen-bond acceptors (Lipinski definition) is 4. The Labute approximate surface area is 163 Å². The van der Waals surface area contributed by atoms with Crippen LogP contribution in [0.3, 0.4) is 0 Å². The lowest BCUT2D eigenvalue weighted by molar-refractivity contribution is -0.152. The lowest BCUT2D eigenvalue weighted by atomic mass is 9.82. The molecular formula is C22H35NO4. The lowest BCUT2D eigenvalue weighted by Gasteiger charge is -2.30. The fraction of sp³-hybridized carbons (Fsp3) is 0.636. The highest BCUT2D eigenvalue weighted by atomic mass is 16.6. The molecule has 5 nitrogen and oxygen atoms in total. The van der Waals surface area contributed by atoms with Gasteiger partial charge in [-0.15, -0.1) is 0 Å². The predicted octanol–water partition coefficient (Wildman–Crippen LogP) is 4.89. The van der Waals surface area contributed by atoms with Gasteiger partial charge in [0.25, 0.3) is 0 Å². The van der Waals surface area contributed by atoms with Crippen molar-refractivity contribution in [2.45, 2.75) is 86.0 Å². The quantitative estimate of drug-likeness (QED) is 0.717. The smallest absolute Gasteiger partial charge is 0.408 e. The van der Waals surface area contributed by atoms with Crippen LogP contribution in [-0.2, 0) is 14.3 Å². The summed E-state index contributed by atoms with van der Waals surface area (Å²) in [4.78, 5) is 24.3. The molecule has 0 spiro atoms. The number of amides is 1. The first-order valence-electron chi connectivity index (χ1n) is 9.59. The topological polar surface area (TPSA) is 64.6 Å². The van der Waals surface area contributed by atoms with E-state index in [-0.39, 0.29) is 12.0 Å². The summed E-state index contributed by atoms with van der Waals surface area (Å²) in [5.74, 6) is -0.102. The van der Waals surface area contributed by atoms with E-state index in [0.29, 0.717) is 5.92 Å². The summed E-state index contributed by atoms with van der Waals surface area (Å²) in [5, 5.41) is 2.53. The molecule has 0 aliphatic rings. The Morgan fingerprint density at radius 2 is 1.63 bits per heavy atom. The number of aryl methyl sites for hydroxylation is 2. The van der Waals surface area contributed by atoms with Crippen LogP contribution in [0.4, 0.5) is 4.79 Å². The van der Waals surface area contributed by atoms with Crippen molar-refractivity contribution in [3.05, 3.63) is 34.9 Å². The van der Waals surface area contributed by atoms with Crippen molar-refractivity contribution in [2.75, 3.05) is 0 Å². The van der Waals surface area contributed by atoms with Crippen molar-refractivity contribution >= 4 is 12.1 Å². The summed E-state index contributed by atoms with van der Waals surface area (Å²) in [6.07, 6.45) is -0.948. The Balaban J connectivity index is 2.82. The Morgan fingerprint density at radius 3 is 2.11 bits per heavy atom. The van der Waals surface area contributed by atoms with Gasteiger partial charge in [0.05, 0.1) is 0 Å². The lowest BCUT2D eigenvalue weighted by Crippen LogP contribution is -2.43. The summed E-state index contributed by atoms with van der Waals surface area (Å²) in [5.41, 5.74) is 2.96. The van der Waals surface area contributed by atoms with E-state index in [0.717, 1.165) is 0 Å². The maximum Gasteiger partial charge on any atom is 0.408 e. The first-order chi connectivity index (χ1) is 12.3. The predicted molar refractivity (Wildman–Crippen MR) is 108 cm³/mol. The van der Waals surface area contributed by atoms with E-state index in [2.05, 4.69) is 51.2 Å². The van der Waals surface area contributed by atoms with Gasteiger partial charge in [0, 0.05) is 5.92 Å². The number of benzene rings is 1.